The van der Waals surface area contributed by atoms with Gasteiger partial charge in [-0.05, 0) is 39.3 Å². The fourth-order valence-corrected chi connectivity index (χ4v) is 7.45. The summed E-state index contributed by atoms with van der Waals surface area (Å²) in [5.74, 6) is 0.161. The zero-order chi connectivity index (χ0) is 38.3. The summed E-state index contributed by atoms with van der Waals surface area (Å²) in [6.07, 6.45) is 39.4. The predicted octanol–water partition coefficient (Wildman–Crippen LogP) is 11.8. The Morgan fingerprint density at radius 3 is 1.25 bits per heavy atom. The van der Waals surface area contributed by atoms with Gasteiger partial charge in [0.25, 0.3) is 0 Å². The third kappa shape index (κ3) is 33.4. The summed E-state index contributed by atoms with van der Waals surface area (Å²) in [5.41, 5.74) is 0. The first kappa shape index (κ1) is 50.8. The van der Waals surface area contributed by atoms with Gasteiger partial charge < -0.3 is 20.3 Å². The van der Waals surface area contributed by atoms with Gasteiger partial charge in [0.2, 0.25) is 5.91 Å². The number of aliphatic hydroxyl groups excluding tert-OH is 2. The SMILES string of the molecule is CCCCCCCCCCCCCCCCC(CCCCCCCCCCCCCCCCCC(=O)OCC(O)CO)C(=O)NC(C)N(CC)CC. The van der Waals surface area contributed by atoms with E-state index in [9.17, 15) is 14.7 Å². The van der Waals surface area contributed by atoms with Gasteiger partial charge >= 0.3 is 5.97 Å². The van der Waals surface area contributed by atoms with E-state index in [2.05, 4.69) is 37.9 Å². The summed E-state index contributed by atoms with van der Waals surface area (Å²) >= 11 is 0. The number of hydrogen-bond acceptors (Lipinski definition) is 6. The van der Waals surface area contributed by atoms with E-state index in [0.717, 1.165) is 45.2 Å². The minimum absolute atomic E-state index is 0.108. The van der Waals surface area contributed by atoms with Crippen molar-refractivity contribution in [2.75, 3.05) is 26.3 Å². The molecule has 0 bridgehead atoms. The van der Waals surface area contributed by atoms with Gasteiger partial charge in [-0.15, -0.1) is 0 Å². The number of ether oxygens (including phenoxy) is 1. The molecule has 0 aliphatic carbocycles. The van der Waals surface area contributed by atoms with Crippen LogP contribution in [0.5, 0.6) is 0 Å². The highest BCUT2D eigenvalue weighted by Crippen LogP contribution is 2.21. The number of esters is 1. The van der Waals surface area contributed by atoms with Crippen molar-refractivity contribution < 1.29 is 24.5 Å². The van der Waals surface area contributed by atoms with Crippen LogP contribution in [0.1, 0.15) is 233 Å². The molecule has 0 aromatic carbocycles. The number of nitrogens with one attached hydrogen (secondary N) is 1. The molecule has 1 amide bonds. The number of unbranched alkanes of at least 4 members (excludes halogenated alkanes) is 27. The van der Waals surface area contributed by atoms with Gasteiger partial charge in [-0.25, -0.2) is 0 Å². The maximum atomic E-state index is 13.3. The molecule has 3 unspecified atom stereocenters. The molecule has 7 nitrogen and oxygen atoms in total. The fourth-order valence-electron chi connectivity index (χ4n) is 7.45. The summed E-state index contributed by atoms with van der Waals surface area (Å²) in [7, 11) is 0. The topological polar surface area (TPSA) is 99.1 Å². The van der Waals surface area contributed by atoms with Crippen LogP contribution in [0, 0.1) is 5.92 Å². The fraction of sp³-hybridized carbons (Fsp3) is 0.956. The maximum Gasteiger partial charge on any atom is 0.305 e. The lowest BCUT2D eigenvalue weighted by atomic mass is 9.93. The van der Waals surface area contributed by atoms with E-state index in [4.69, 9.17) is 9.84 Å². The van der Waals surface area contributed by atoms with E-state index in [-0.39, 0.29) is 37.2 Å². The third-order valence-corrected chi connectivity index (χ3v) is 11.1. The summed E-state index contributed by atoms with van der Waals surface area (Å²) in [4.78, 5) is 27.3. The van der Waals surface area contributed by atoms with E-state index in [1.54, 1.807) is 0 Å². The second-order valence-corrected chi connectivity index (χ2v) is 15.8. The zero-order valence-corrected chi connectivity index (χ0v) is 35.3. The molecule has 0 aromatic rings. The summed E-state index contributed by atoms with van der Waals surface area (Å²) in [5, 5.41) is 21.3. The normalized spacial score (nSPS) is 13.4. The number of carbonyl (C=O) groups excluding carboxylic acids is 2. The largest absolute Gasteiger partial charge is 0.463 e. The van der Waals surface area contributed by atoms with Gasteiger partial charge in [0.15, 0.2) is 0 Å². The number of carbonyl (C=O) groups is 2. The van der Waals surface area contributed by atoms with Crippen LogP contribution in [0.4, 0.5) is 0 Å². The Hall–Kier alpha value is -1.18. The second kappa shape index (κ2) is 39.5. The van der Waals surface area contributed by atoms with Crippen molar-refractivity contribution in [1.29, 1.82) is 0 Å². The van der Waals surface area contributed by atoms with E-state index >= 15 is 0 Å². The molecule has 0 saturated carbocycles. The average Bonchev–Trinajstić information content (AvgIpc) is 3.14. The third-order valence-electron chi connectivity index (χ3n) is 11.1. The van der Waals surface area contributed by atoms with Crippen molar-refractivity contribution in [1.82, 2.24) is 10.2 Å². The molecule has 0 rings (SSSR count). The first-order chi connectivity index (χ1) is 25.4. The summed E-state index contributed by atoms with van der Waals surface area (Å²) in [6, 6.07) is 0. The Morgan fingerprint density at radius 1 is 0.558 bits per heavy atom. The van der Waals surface area contributed by atoms with Crippen LogP contribution >= 0.6 is 0 Å². The highest BCUT2D eigenvalue weighted by molar-refractivity contribution is 5.78. The van der Waals surface area contributed by atoms with Crippen molar-refractivity contribution in [3.63, 3.8) is 0 Å². The van der Waals surface area contributed by atoms with E-state index in [1.165, 1.54) is 167 Å². The molecule has 0 heterocycles. The first-order valence-corrected chi connectivity index (χ1v) is 22.9. The van der Waals surface area contributed by atoms with Crippen LogP contribution in [0.25, 0.3) is 0 Å². The second-order valence-electron chi connectivity index (χ2n) is 15.8. The summed E-state index contributed by atoms with van der Waals surface area (Å²) < 4.78 is 4.93. The molecule has 3 atom stereocenters. The Balaban J connectivity index is 3.96. The highest BCUT2D eigenvalue weighted by atomic mass is 16.5. The minimum atomic E-state index is -0.973. The average molecular weight is 739 g/mol. The van der Waals surface area contributed by atoms with Crippen molar-refractivity contribution in [3.05, 3.63) is 0 Å². The van der Waals surface area contributed by atoms with Gasteiger partial charge in [-0.3, -0.25) is 14.5 Å². The van der Waals surface area contributed by atoms with Gasteiger partial charge in [0.1, 0.15) is 12.7 Å². The lowest BCUT2D eigenvalue weighted by molar-refractivity contribution is -0.147. The van der Waals surface area contributed by atoms with Crippen LogP contribution in [-0.2, 0) is 14.3 Å². The molecule has 0 radical (unpaired) electrons. The molecular formula is C45H90N2O5. The van der Waals surface area contributed by atoms with E-state index < -0.39 is 6.10 Å². The number of nitrogens with zero attached hydrogens (tertiary/aromatic N) is 1. The quantitative estimate of drug-likeness (QED) is 0.0328. The van der Waals surface area contributed by atoms with Crippen LogP contribution in [-0.4, -0.2) is 65.6 Å². The summed E-state index contributed by atoms with van der Waals surface area (Å²) in [6.45, 7) is 10.2. The molecule has 52 heavy (non-hydrogen) atoms. The van der Waals surface area contributed by atoms with Crippen LogP contribution in [0.15, 0.2) is 0 Å². The lowest BCUT2D eigenvalue weighted by Gasteiger charge is -2.29. The van der Waals surface area contributed by atoms with E-state index in [0.29, 0.717) is 6.42 Å². The Kier molecular flexibility index (Phi) is 38.6. The van der Waals surface area contributed by atoms with Crippen molar-refractivity contribution in [2.45, 2.75) is 245 Å². The standard InChI is InChI=1S/C45H90N2O5/c1-5-8-9-10-11-12-13-14-18-21-24-27-30-33-36-42(45(51)46-41(4)47(6-2)7-3)37-34-31-28-25-22-19-16-15-17-20-23-26-29-32-35-38-44(50)52-40-43(49)39-48/h41-43,48-49H,5-40H2,1-4H3,(H,46,51). The van der Waals surface area contributed by atoms with Gasteiger partial charge in [0, 0.05) is 12.3 Å². The number of aliphatic hydroxyl groups is 2. The molecular weight excluding hydrogens is 649 g/mol. The molecule has 0 aromatic heterocycles. The van der Waals surface area contributed by atoms with Gasteiger partial charge in [0.05, 0.1) is 12.8 Å². The number of amides is 1. The monoisotopic (exact) mass is 739 g/mol. The Labute approximate surface area is 323 Å². The lowest BCUT2D eigenvalue weighted by Crippen LogP contribution is -2.48. The van der Waals surface area contributed by atoms with Crippen molar-refractivity contribution >= 4 is 11.9 Å². The smallest absolute Gasteiger partial charge is 0.305 e. The number of hydrogen-bond donors (Lipinski definition) is 3. The molecule has 0 spiro atoms. The Bertz CT molecular complexity index is 762. The molecule has 0 aliphatic heterocycles. The maximum absolute atomic E-state index is 13.3. The van der Waals surface area contributed by atoms with Crippen LogP contribution in [0.3, 0.4) is 0 Å². The Morgan fingerprint density at radius 2 is 0.904 bits per heavy atom. The predicted molar refractivity (Wildman–Crippen MR) is 221 cm³/mol. The zero-order valence-electron chi connectivity index (χ0n) is 35.3. The van der Waals surface area contributed by atoms with Gasteiger partial charge in [-0.1, -0.05) is 201 Å². The van der Waals surface area contributed by atoms with Crippen LogP contribution < -0.4 is 5.32 Å². The highest BCUT2D eigenvalue weighted by Gasteiger charge is 2.21. The first-order valence-electron chi connectivity index (χ1n) is 22.9. The molecule has 7 heteroatoms. The van der Waals surface area contributed by atoms with Gasteiger partial charge in [-0.2, -0.15) is 0 Å². The molecule has 0 aliphatic rings. The molecule has 0 fully saturated rings. The van der Waals surface area contributed by atoms with Crippen LogP contribution in [0.2, 0.25) is 0 Å². The van der Waals surface area contributed by atoms with Crippen molar-refractivity contribution in [2.24, 2.45) is 5.92 Å². The minimum Gasteiger partial charge on any atom is -0.463 e. The van der Waals surface area contributed by atoms with E-state index in [1.807, 2.05) is 0 Å². The molecule has 3 N–H and O–H groups in total. The van der Waals surface area contributed by atoms with Crippen molar-refractivity contribution in [3.8, 4) is 0 Å². The molecule has 0 saturated heterocycles. The number of rotatable bonds is 41. The molecule has 310 valence electrons.